The van der Waals surface area contributed by atoms with E-state index in [0.717, 1.165) is 18.7 Å². The van der Waals surface area contributed by atoms with Crippen LogP contribution in [0, 0.1) is 3.57 Å². The summed E-state index contributed by atoms with van der Waals surface area (Å²) >= 11 is 1.98. The fourth-order valence-corrected chi connectivity index (χ4v) is 7.62. The third kappa shape index (κ3) is 3.84. The zero-order valence-electron chi connectivity index (χ0n) is 23.8. The summed E-state index contributed by atoms with van der Waals surface area (Å²) in [6, 6.07) is 10.9. The number of aromatic hydroxyl groups is 3. The molecular formula is C33H21IN2O10. The van der Waals surface area contributed by atoms with E-state index in [1.807, 2.05) is 52.9 Å². The van der Waals surface area contributed by atoms with Crippen molar-refractivity contribution in [3.63, 3.8) is 0 Å². The maximum atomic E-state index is 14.2. The lowest BCUT2D eigenvalue weighted by Gasteiger charge is -2.23. The monoisotopic (exact) mass is 732 g/mol. The minimum absolute atomic E-state index is 0.119. The van der Waals surface area contributed by atoms with Crippen LogP contribution in [0.25, 0.3) is 10.8 Å². The standard InChI is InChI=1S/C33H21IN2O10/c1-45-18-10-17(37)20-21(26(18)38)28(40)23-22(27(20)39)30(42)33(31(23)43)8-7-15-24(33)29(41)19-16(25(15)34)9-14(36-32(19)44)11-35-46-12-13-5-3-2-4-6-13/h2-6,9-11,39-41H,7-8,12H2,1H3,(H,36,44)/b35-11+/t33-/m0/s1. The van der Waals surface area contributed by atoms with E-state index < -0.39 is 79.4 Å². The molecular weight excluding hydrogens is 711 g/mol. The number of oxime groups is 1. The molecule has 13 heteroatoms. The molecule has 230 valence electrons. The number of aromatic amines is 1. The molecule has 0 radical (unpaired) electrons. The molecule has 46 heavy (non-hydrogen) atoms. The first-order valence-electron chi connectivity index (χ1n) is 13.9. The van der Waals surface area contributed by atoms with E-state index >= 15 is 0 Å². The number of pyridine rings is 1. The van der Waals surface area contributed by atoms with Crippen LogP contribution in [0.15, 0.2) is 58.2 Å². The Morgan fingerprint density at radius 1 is 0.957 bits per heavy atom. The molecule has 1 aromatic heterocycles. The lowest BCUT2D eigenvalue weighted by atomic mass is 9.76. The highest BCUT2D eigenvalue weighted by atomic mass is 127. The number of carbonyl (C=O) groups is 4. The average Bonchev–Trinajstić information content (AvgIpc) is 3.55. The quantitative estimate of drug-likeness (QED) is 0.0768. The van der Waals surface area contributed by atoms with Crippen molar-refractivity contribution in [2.24, 2.45) is 5.16 Å². The number of rotatable bonds is 5. The molecule has 1 heterocycles. The summed E-state index contributed by atoms with van der Waals surface area (Å²) in [5.74, 6) is -6.71. The van der Waals surface area contributed by atoms with Crippen LogP contribution in [-0.2, 0) is 28.0 Å². The number of aromatic nitrogens is 1. The maximum Gasteiger partial charge on any atom is 0.260 e. The van der Waals surface area contributed by atoms with Crippen LogP contribution in [-0.4, -0.2) is 56.8 Å². The second-order valence-electron chi connectivity index (χ2n) is 11.0. The van der Waals surface area contributed by atoms with Gasteiger partial charge in [-0.15, -0.1) is 0 Å². The van der Waals surface area contributed by atoms with Gasteiger partial charge in [0.25, 0.3) is 5.56 Å². The number of benzene rings is 3. The number of Topliss-reactive ketones (excluding diaryl/α,β-unsaturated/α-hetero) is 3. The number of carbonyl (C=O) groups excluding carboxylic acids is 4. The van der Waals surface area contributed by atoms with Crippen LogP contribution in [0.5, 0.6) is 17.2 Å². The molecule has 0 fully saturated rings. The fraction of sp³-hybridized carbons (Fsp3) is 0.152. The first-order chi connectivity index (χ1) is 22.0. The van der Waals surface area contributed by atoms with Crippen LogP contribution in [0.1, 0.15) is 70.2 Å². The summed E-state index contributed by atoms with van der Waals surface area (Å²) in [6.07, 6.45) is 2.08. The number of fused-ring (bicyclic) bond motifs is 5. The van der Waals surface area contributed by atoms with Gasteiger partial charge in [0.05, 0.1) is 46.7 Å². The summed E-state index contributed by atoms with van der Waals surface area (Å²) in [5, 5.41) is 38.0. The molecule has 3 aromatic carbocycles. The Labute approximate surface area is 272 Å². The van der Waals surface area contributed by atoms with Crippen LogP contribution < -0.4 is 5.56 Å². The van der Waals surface area contributed by atoms with Gasteiger partial charge in [-0.25, -0.2) is 0 Å². The van der Waals surface area contributed by atoms with Gasteiger partial charge < -0.3 is 29.9 Å². The van der Waals surface area contributed by atoms with E-state index in [9.17, 15) is 39.3 Å². The van der Waals surface area contributed by atoms with Gasteiger partial charge in [-0.05, 0) is 52.6 Å². The van der Waals surface area contributed by atoms with Crippen LogP contribution in [0.3, 0.4) is 0 Å². The normalized spacial score (nSPS) is 18.3. The highest BCUT2D eigenvalue weighted by Crippen LogP contribution is 2.58. The van der Waals surface area contributed by atoms with E-state index in [1.165, 1.54) is 6.21 Å². The predicted octanol–water partition coefficient (Wildman–Crippen LogP) is 3.97. The molecule has 3 aliphatic rings. The Hall–Kier alpha value is -5.31. The van der Waals surface area contributed by atoms with Gasteiger partial charge in [0.2, 0.25) is 5.78 Å². The number of H-pyrrole nitrogens is 1. The van der Waals surface area contributed by atoms with Crippen molar-refractivity contribution in [3.8, 4) is 17.2 Å². The largest absolute Gasteiger partial charge is 0.507 e. The van der Waals surface area contributed by atoms with Gasteiger partial charge in [-0.1, -0.05) is 35.5 Å². The number of hydrogen-bond donors (Lipinski definition) is 4. The first-order valence-corrected chi connectivity index (χ1v) is 15.0. The molecule has 0 saturated carbocycles. The number of phenolic OH excluding ortho intramolecular Hbond substituents is 3. The van der Waals surface area contributed by atoms with Gasteiger partial charge in [-0.2, -0.15) is 0 Å². The number of nitrogens with zero attached hydrogens (tertiary/aromatic N) is 1. The Kier molecular flexibility index (Phi) is 6.63. The zero-order chi connectivity index (χ0) is 32.7. The van der Waals surface area contributed by atoms with Crippen LogP contribution >= 0.6 is 22.6 Å². The highest BCUT2D eigenvalue weighted by Gasteiger charge is 2.62. The van der Waals surface area contributed by atoms with Crippen LogP contribution in [0.4, 0.5) is 0 Å². The van der Waals surface area contributed by atoms with Gasteiger partial charge in [0, 0.05) is 20.6 Å². The van der Waals surface area contributed by atoms with E-state index in [-0.39, 0.29) is 36.1 Å². The summed E-state index contributed by atoms with van der Waals surface area (Å²) < 4.78 is 5.42. The first kappa shape index (κ1) is 29.4. The second-order valence-corrected chi connectivity index (χ2v) is 12.1. The molecule has 4 aromatic rings. The van der Waals surface area contributed by atoms with Crippen molar-refractivity contribution in [1.29, 1.82) is 0 Å². The van der Waals surface area contributed by atoms with Crippen molar-refractivity contribution in [2.75, 3.05) is 7.11 Å². The molecule has 7 rings (SSSR count). The minimum Gasteiger partial charge on any atom is -0.507 e. The summed E-state index contributed by atoms with van der Waals surface area (Å²) in [5.41, 5.74) is -3.95. The third-order valence-electron chi connectivity index (χ3n) is 8.70. The van der Waals surface area contributed by atoms with Gasteiger partial charge in [-0.3, -0.25) is 24.0 Å². The van der Waals surface area contributed by atoms with Crippen molar-refractivity contribution in [1.82, 2.24) is 4.98 Å². The van der Waals surface area contributed by atoms with Crippen molar-refractivity contribution in [2.45, 2.75) is 24.9 Å². The van der Waals surface area contributed by atoms with E-state index in [2.05, 4.69) is 10.1 Å². The van der Waals surface area contributed by atoms with E-state index in [0.29, 0.717) is 14.5 Å². The maximum absolute atomic E-state index is 14.2. The molecule has 0 aliphatic heterocycles. The number of nitrogens with one attached hydrogen (secondary N) is 1. The van der Waals surface area contributed by atoms with Gasteiger partial charge in [0.15, 0.2) is 23.1 Å². The molecule has 4 N–H and O–H groups in total. The molecule has 0 bridgehead atoms. The Morgan fingerprint density at radius 2 is 1.63 bits per heavy atom. The van der Waals surface area contributed by atoms with Crippen LogP contribution in [0.2, 0.25) is 0 Å². The SMILES string of the molecule is COC1=CC(=O)c2c(O)c3c(c(O)c2C1=O)C(=O)[C@]1(CCc2c1c(O)c1c(=O)[nH]c(/C=N/OCc4ccccc4)cc1c2I)C3=O. The average molecular weight is 732 g/mol. The Bertz CT molecular complexity index is 2240. The molecule has 3 aliphatic carbocycles. The number of methoxy groups -OCH3 is 1. The Morgan fingerprint density at radius 3 is 2.30 bits per heavy atom. The topological polar surface area (TPSA) is 193 Å². The number of halogens is 1. The lowest BCUT2D eigenvalue weighted by molar-refractivity contribution is 0.0790. The zero-order valence-corrected chi connectivity index (χ0v) is 25.9. The molecule has 1 spiro atoms. The van der Waals surface area contributed by atoms with E-state index in [1.54, 1.807) is 6.07 Å². The summed E-state index contributed by atoms with van der Waals surface area (Å²) in [4.78, 5) is 75.6. The number of ether oxygens (including phenoxy) is 1. The lowest BCUT2D eigenvalue weighted by Crippen LogP contribution is -2.36. The second kappa shape index (κ2) is 10.4. The molecule has 1 atom stereocenters. The summed E-state index contributed by atoms with van der Waals surface area (Å²) in [6.45, 7) is 0.202. The number of allylic oxidation sites excluding steroid dienone is 2. The number of phenols is 3. The molecule has 0 amide bonds. The van der Waals surface area contributed by atoms with Crippen molar-refractivity contribution < 1.29 is 44.1 Å². The van der Waals surface area contributed by atoms with Crippen molar-refractivity contribution >= 4 is 62.7 Å². The highest BCUT2D eigenvalue weighted by molar-refractivity contribution is 14.1. The van der Waals surface area contributed by atoms with Gasteiger partial charge in [0.1, 0.15) is 29.3 Å². The fourth-order valence-electron chi connectivity index (χ4n) is 6.65. The third-order valence-corrected chi connectivity index (χ3v) is 9.94. The molecule has 0 saturated heterocycles. The number of ketones is 4. The predicted molar refractivity (Wildman–Crippen MR) is 170 cm³/mol. The summed E-state index contributed by atoms with van der Waals surface area (Å²) in [7, 11) is 1.14. The number of hydrogen-bond acceptors (Lipinski definition) is 11. The van der Waals surface area contributed by atoms with E-state index in [4.69, 9.17) is 9.57 Å². The molecule has 0 unspecified atom stereocenters. The van der Waals surface area contributed by atoms with Gasteiger partial charge >= 0.3 is 0 Å². The van der Waals surface area contributed by atoms with Crippen molar-refractivity contribution in [3.05, 3.63) is 107 Å². The minimum atomic E-state index is -2.13. The smallest absolute Gasteiger partial charge is 0.260 e. The Balaban J connectivity index is 1.35. The molecule has 12 nitrogen and oxygen atoms in total.